The number of aryl methyl sites for hydroxylation is 1. The Kier molecular flexibility index (Phi) is 3.23. The van der Waals surface area contributed by atoms with Gasteiger partial charge in [-0.1, -0.05) is 12.8 Å². The van der Waals surface area contributed by atoms with Gasteiger partial charge < -0.3 is 10.0 Å². The Morgan fingerprint density at radius 3 is 2.75 bits per heavy atom. The number of hydrogen-bond donors (Lipinski definition) is 1. The molecule has 20 heavy (non-hydrogen) atoms. The van der Waals surface area contributed by atoms with Crippen molar-refractivity contribution in [1.82, 2.24) is 14.7 Å². The SMILES string of the molecule is Cn1nccc1C(=O)N1[C@H](C(=O)O)C[C@H]2CCCC[C@@H]21. The van der Waals surface area contributed by atoms with E-state index in [0.717, 1.165) is 25.7 Å². The Hall–Kier alpha value is -1.85. The van der Waals surface area contributed by atoms with Crippen LogP contribution in [0.5, 0.6) is 0 Å². The lowest BCUT2D eigenvalue weighted by molar-refractivity contribution is -0.141. The molecule has 1 saturated carbocycles. The molecule has 2 fully saturated rings. The fourth-order valence-corrected chi connectivity index (χ4v) is 3.69. The maximum Gasteiger partial charge on any atom is 0.326 e. The lowest BCUT2D eigenvalue weighted by atomic mass is 9.84. The molecule has 3 atom stereocenters. The summed E-state index contributed by atoms with van der Waals surface area (Å²) >= 11 is 0. The molecule has 0 bridgehead atoms. The van der Waals surface area contributed by atoms with E-state index in [-0.39, 0.29) is 11.9 Å². The minimum Gasteiger partial charge on any atom is -0.480 e. The van der Waals surface area contributed by atoms with Crippen molar-refractivity contribution in [2.45, 2.75) is 44.2 Å². The number of hydrogen-bond acceptors (Lipinski definition) is 3. The molecule has 0 spiro atoms. The molecule has 1 N–H and O–H groups in total. The molecule has 1 saturated heterocycles. The fourth-order valence-electron chi connectivity index (χ4n) is 3.69. The topological polar surface area (TPSA) is 75.4 Å². The summed E-state index contributed by atoms with van der Waals surface area (Å²) in [5.74, 6) is -0.760. The van der Waals surface area contributed by atoms with Gasteiger partial charge in [0.1, 0.15) is 11.7 Å². The van der Waals surface area contributed by atoms with Crippen LogP contribution in [-0.2, 0) is 11.8 Å². The van der Waals surface area contributed by atoms with Gasteiger partial charge in [-0.05, 0) is 31.2 Å². The molecule has 6 heteroatoms. The van der Waals surface area contributed by atoms with Crippen molar-refractivity contribution < 1.29 is 14.7 Å². The third-order valence-electron chi connectivity index (χ3n) is 4.65. The van der Waals surface area contributed by atoms with E-state index < -0.39 is 12.0 Å². The average molecular weight is 277 g/mol. The lowest BCUT2D eigenvalue weighted by Gasteiger charge is -2.32. The quantitative estimate of drug-likeness (QED) is 0.883. The molecule has 1 amide bonds. The van der Waals surface area contributed by atoms with Crippen LogP contribution in [0.3, 0.4) is 0 Å². The maximum atomic E-state index is 12.7. The highest BCUT2D eigenvalue weighted by Crippen LogP contribution is 2.40. The van der Waals surface area contributed by atoms with Gasteiger partial charge in [-0.15, -0.1) is 0 Å². The largest absolute Gasteiger partial charge is 0.480 e. The molecule has 1 aliphatic heterocycles. The molecule has 0 radical (unpaired) electrons. The molecule has 108 valence electrons. The minimum absolute atomic E-state index is 0.0762. The fraction of sp³-hybridized carbons (Fsp3) is 0.643. The van der Waals surface area contributed by atoms with E-state index in [4.69, 9.17) is 0 Å². The van der Waals surface area contributed by atoms with Crippen LogP contribution in [-0.4, -0.2) is 43.7 Å². The number of amides is 1. The van der Waals surface area contributed by atoms with Crippen molar-refractivity contribution in [2.75, 3.05) is 0 Å². The molecule has 0 aromatic carbocycles. The summed E-state index contributed by atoms with van der Waals surface area (Å²) in [5, 5.41) is 13.4. The Bertz CT molecular complexity index is 540. The average Bonchev–Trinajstić information content (AvgIpc) is 3.01. The Labute approximate surface area is 117 Å². The van der Waals surface area contributed by atoms with Crippen LogP contribution >= 0.6 is 0 Å². The first kappa shape index (κ1) is 13.1. The van der Waals surface area contributed by atoms with Crippen molar-refractivity contribution >= 4 is 11.9 Å². The number of carboxylic acid groups (broad SMARTS) is 1. The van der Waals surface area contributed by atoms with E-state index in [1.165, 1.54) is 4.68 Å². The van der Waals surface area contributed by atoms with Gasteiger partial charge in [-0.25, -0.2) is 4.79 Å². The lowest BCUT2D eigenvalue weighted by Crippen LogP contribution is -2.46. The molecule has 0 unspecified atom stereocenters. The van der Waals surface area contributed by atoms with Crippen molar-refractivity contribution in [3.05, 3.63) is 18.0 Å². The van der Waals surface area contributed by atoms with E-state index in [2.05, 4.69) is 5.10 Å². The standard InChI is InChI=1S/C14H19N3O3/c1-16-11(6-7-15-16)13(18)17-10-5-3-2-4-9(10)8-12(17)14(19)20/h6-7,9-10,12H,2-5,8H2,1H3,(H,19,20)/t9-,10+,12+/m1/s1. The second kappa shape index (κ2) is 4.92. The maximum absolute atomic E-state index is 12.7. The van der Waals surface area contributed by atoms with E-state index >= 15 is 0 Å². The summed E-state index contributed by atoms with van der Waals surface area (Å²) in [7, 11) is 1.71. The van der Waals surface area contributed by atoms with E-state index in [9.17, 15) is 14.7 Å². The molecular weight excluding hydrogens is 258 g/mol. The van der Waals surface area contributed by atoms with Gasteiger partial charge in [0.05, 0.1) is 0 Å². The molecular formula is C14H19N3O3. The molecule has 2 heterocycles. The minimum atomic E-state index is -0.894. The van der Waals surface area contributed by atoms with Gasteiger partial charge in [0.2, 0.25) is 0 Å². The molecule has 1 aromatic heterocycles. The highest BCUT2D eigenvalue weighted by Gasteiger charge is 2.48. The van der Waals surface area contributed by atoms with E-state index in [1.807, 2.05) is 0 Å². The summed E-state index contributed by atoms with van der Waals surface area (Å²) in [6.45, 7) is 0. The van der Waals surface area contributed by atoms with Gasteiger partial charge in [-0.3, -0.25) is 9.48 Å². The third kappa shape index (κ3) is 1.99. The van der Waals surface area contributed by atoms with Crippen LogP contribution in [0.2, 0.25) is 0 Å². The van der Waals surface area contributed by atoms with Crippen LogP contribution in [0.15, 0.2) is 12.3 Å². The van der Waals surface area contributed by atoms with Gasteiger partial charge in [-0.2, -0.15) is 5.10 Å². The van der Waals surface area contributed by atoms with Gasteiger partial charge in [0, 0.05) is 19.3 Å². The molecule has 1 aromatic rings. The first-order valence-electron chi connectivity index (χ1n) is 7.13. The van der Waals surface area contributed by atoms with Gasteiger partial charge in [0.15, 0.2) is 0 Å². The molecule has 3 rings (SSSR count). The van der Waals surface area contributed by atoms with Crippen molar-refractivity contribution in [3.8, 4) is 0 Å². The third-order valence-corrected chi connectivity index (χ3v) is 4.65. The molecule has 2 aliphatic rings. The van der Waals surface area contributed by atoms with Crippen molar-refractivity contribution in [2.24, 2.45) is 13.0 Å². The Balaban J connectivity index is 1.93. The summed E-state index contributed by atoms with van der Waals surface area (Å²) in [6.07, 6.45) is 6.31. The van der Waals surface area contributed by atoms with E-state index in [1.54, 1.807) is 24.2 Å². The summed E-state index contributed by atoms with van der Waals surface area (Å²) in [6, 6.07) is 1.04. The van der Waals surface area contributed by atoms with Gasteiger partial charge >= 0.3 is 5.97 Å². The number of carboxylic acids is 1. The van der Waals surface area contributed by atoms with Crippen LogP contribution in [0.25, 0.3) is 0 Å². The van der Waals surface area contributed by atoms with Crippen LogP contribution in [0.4, 0.5) is 0 Å². The Morgan fingerprint density at radius 2 is 2.10 bits per heavy atom. The smallest absolute Gasteiger partial charge is 0.326 e. The molecule has 1 aliphatic carbocycles. The predicted octanol–water partition coefficient (Wildman–Crippen LogP) is 1.28. The zero-order valence-corrected chi connectivity index (χ0v) is 11.5. The van der Waals surface area contributed by atoms with Gasteiger partial charge in [0.25, 0.3) is 5.91 Å². The van der Waals surface area contributed by atoms with Crippen LogP contribution < -0.4 is 0 Å². The number of aromatic nitrogens is 2. The predicted molar refractivity (Wildman–Crippen MR) is 71.2 cm³/mol. The van der Waals surface area contributed by atoms with E-state index in [0.29, 0.717) is 18.0 Å². The molecule has 6 nitrogen and oxygen atoms in total. The zero-order valence-electron chi connectivity index (χ0n) is 11.5. The van der Waals surface area contributed by atoms with Crippen molar-refractivity contribution in [3.63, 3.8) is 0 Å². The summed E-state index contributed by atoms with van der Waals surface area (Å²) < 4.78 is 1.51. The number of carbonyl (C=O) groups excluding carboxylic acids is 1. The number of aliphatic carboxylic acids is 1. The Morgan fingerprint density at radius 1 is 1.35 bits per heavy atom. The number of fused-ring (bicyclic) bond motifs is 1. The monoisotopic (exact) mass is 277 g/mol. The normalized spacial score (nSPS) is 29.2. The number of carbonyl (C=O) groups is 2. The summed E-state index contributed by atoms with van der Waals surface area (Å²) in [4.78, 5) is 25.8. The first-order chi connectivity index (χ1) is 9.59. The number of rotatable bonds is 2. The first-order valence-corrected chi connectivity index (χ1v) is 7.13. The second-order valence-corrected chi connectivity index (χ2v) is 5.75. The van der Waals surface area contributed by atoms with Crippen LogP contribution in [0.1, 0.15) is 42.6 Å². The zero-order chi connectivity index (χ0) is 14.3. The number of nitrogens with zero attached hydrogens (tertiary/aromatic N) is 3. The number of likely N-dealkylation sites (tertiary alicyclic amines) is 1. The van der Waals surface area contributed by atoms with Crippen LogP contribution in [0, 0.1) is 5.92 Å². The summed E-state index contributed by atoms with van der Waals surface area (Å²) in [5.41, 5.74) is 0.461. The highest BCUT2D eigenvalue weighted by atomic mass is 16.4. The second-order valence-electron chi connectivity index (χ2n) is 5.75. The highest BCUT2D eigenvalue weighted by molar-refractivity contribution is 5.95. The van der Waals surface area contributed by atoms with Crippen molar-refractivity contribution in [1.29, 1.82) is 0 Å².